The molecular weight excluding hydrogens is 586 g/mol. The van der Waals surface area contributed by atoms with Crippen molar-refractivity contribution in [2.45, 2.75) is 31.2 Å². The molecule has 0 bridgehead atoms. The molecule has 1 atom stereocenters. The third-order valence-electron chi connectivity index (χ3n) is 7.92. The largest absolute Gasteiger partial charge is 0.434 e. The zero-order valence-electron chi connectivity index (χ0n) is 21.6. The van der Waals surface area contributed by atoms with E-state index in [0.29, 0.717) is 36.0 Å². The SMILES string of the molecule is CN(CCN1CCc2c([nH]c3ccc(Cl)cc23)C1C[n+]1ccn(C2CNC2)c1Cl)c1ccc(Cl)c(C(F)(F)F)n1. The first-order valence-corrected chi connectivity index (χ1v) is 14.2. The highest BCUT2D eigenvalue weighted by atomic mass is 35.5. The van der Waals surface area contributed by atoms with Crippen LogP contribution in [0.1, 0.15) is 29.0 Å². The molecule has 4 aromatic rings. The summed E-state index contributed by atoms with van der Waals surface area (Å²) < 4.78 is 44.3. The van der Waals surface area contributed by atoms with Crippen LogP contribution in [0, 0.1) is 0 Å². The normalized spacial score (nSPS) is 18.2. The Balaban J connectivity index is 1.28. The number of hydrogen-bond acceptors (Lipinski definition) is 4. The van der Waals surface area contributed by atoms with E-state index >= 15 is 0 Å². The number of nitrogens with one attached hydrogen (secondary N) is 2. The Morgan fingerprint density at radius 2 is 1.95 bits per heavy atom. The number of anilines is 1. The second-order valence-electron chi connectivity index (χ2n) is 10.4. The Morgan fingerprint density at radius 3 is 2.67 bits per heavy atom. The highest BCUT2D eigenvalue weighted by Gasteiger charge is 2.37. The number of fused-ring (bicyclic) bond motifs is 3. The van der Waals surface area contributed by atoms with Crippen molar-refractivity contribution in [2.75, 3.05) is 44.7 Å². The second-order valence-corrected chi connectivity index (χ2v) is 11.5. The predicted octanol–water partition coefficient (Wildman–Crippen LogP) is 5.51. The average Bonchev–Trinajstić information content (AvgIpc) is 3.42. The molecule has 0 spiro atoms. The van der Waals surface area contributed by atoms with Gasteiger partial charge in [-0.2, -0.15) is 13.2 Å². The number of pyridine rings is 1. The van der Waals surface area contributed by atoms with E-state index in [0.717, 1.165) is 42.7 Å². The number of nitrogens with zero attached hydrogens (tertiary/aromatic N) is 5. The molecule has 40 heavy (non-hydrogen) atoms. The lowest BCUT2D eigenvalue weighted by molar-refractivity contribution is -0.700. The maximum absolute atomic E-state index is 13.4. The number of halogens is 6. The molecule has 212 valence electrons. The van der Waals surface area contributed by atoms with E-state index in [9.17, 15) is 13.2 Å². The summed E-state index contributed by atoms with van der Waals surface area (Å²) in [5, 5.41) is 5.34. The van der Waals surface area contributed by atoms with Crippen molar-refractivity contribution < 1.29 is 17.7 Å². The first kappa shape index (κ1) is 27.7. The first-order chi connectivity index (χ1) is 19.1. The van der Waals surface area contributed by atoms with Gasteiger partial charge in [0.25, 0.3) is 0 Å². The number of H-pyrrole nitrogens is 1. The zero-order chi connectivity index (χ0) is 28.2. The quantitative estimate of drug-likeness (QED) is 0.270. The third-order valence-corrected chi connectivity index (χ3v) is 8.87. The van der Waals surface area contributed by atoms with Crippen LogP contribution in [0.15, 0.2) is 42.7 Å². The Kier molecular flexibility index (Phi) is 7.41. The van der Waals surface area contributed by atoms with Crippen LogP contribution in [0.5, 0.6) is 0 Å². The Morgan fingerprint density at radius 1 is 1.15 bits per heavy atom. The number of aromatic nitrogens is 4. The number of imidazole rings is 1. The molecule has 1 saturated heterocycles. The molecular formula is C27H28Cl3F3N7+. The molecule has 0 saturated carbocycles. The number of likely N-dealkylation sites (N-methyl/N-ethyl adjacent to an activating group) is 1. The van der Waals surface area contributed by atoms with Gasteiger partial charge < -0.3 is 15.2 Å². The standard InChI is InChI=1S/C27H28Cl3F3N7/c1-37(23-5-3-20(29)25(36-23)27(31,32)33)8-9-38-7-6-18-19-12-16(28)2-4-21(19)35-24(18)22(38)15-39-10-11-40(26(39)30)17-13-34-14-17/h2-5,10-12,17,22,34-35H,6-9,13-15H2,1H3/q+1. The van der Waals surface area contributed by atoms with E-state index < -0.39 is 16.9 Å². The molecule has 0 radical (unpaired) electrons. The van der Waals surface area contributed by atoms with Gasteiger partial charge in [-0.05, 0) is 42.3 Å². The van der Waals surface area contributed by atoms with Gasteiger partial charge in [-0.1, -0.05) is 23.2 Å². The van der Waals surface area contributed by atoms with E-state index in [-0.39, 0.29) is 11.9 Å². The summed E-state index contributed by atoms with van der Waals surface area (Å²) in [6, 6.07) is 8.93. The van der Waals surface area contributed by atoms with Gasteiger partial charge in [0.1, 0.15) is 30.8 Å². The summed E-state index contributed by atoms with van der Waals surface area (Å²) in [4.78, 5) is 11.5. The second kappa shape index (κ2) is 10.7. The summed E-state index contributed by atoms with van der Waals surface area (Å²) in [6.07, 6.45) is 0.226. The van der Waals surface area contributed by atoms with Gasteiger partial charge in [0, 0.05) is 73.0 Å². The number of alkyl halides is 3. The molecule has 2 aliphatic heterocycles. The summed E-state index contributed by atoms with van der Waals surface area (Å²) >= 11 is 18.9. The van der Waals surface area contributed by atoms with Crippen molar-refractivity contribution in [1.29, 1.82) is 0 Å². The lowest BCUT2D eigenvalue weighted by atomic mass is 9.97. The van der Waals surface area contributed by atoms with Crippen molar-refractivity contribution in [3.05, 3.63) is 75.0 Å². The van der Waals surface area contributed by atoms with Crippen LogP contribution in [0.25, 0.3) is 10.9 Å². The van der Waals surface area contributed by atoms with Gasteiger partial charge in [0.2, 0.25) is 0 Å². The van der Waals surface area contributed by atoms with Crippen LogP contribution in [0.2, 0.25) is 15.3 Å². The minimum atomic E-state index is -4.62. The van der Waals surface area contributed by atoms with Gasteiger partial charge in [-0.3, -0.25) is 4.90 Å². The lowest BCUT2D eigenvalue weighted by Gasteiger charge is -2.36. The zero-order valence-corrected chi connectivity index (χ0v) is 23.9. The maximum Gasteiger partial charge on any atom is 0.434 e. The number of benzene rings is 1. The molecule has 1 fully saturated rings. The molecule has 5 heterocycles. The van der Waals surface area contributed by atoms with Crippen molar-refractivity contribution in [2.24, 2.45) is 0 Å². The fraction of sp³-hybridized carbons (Fsp3) is 0.407. The monoisotopic (exact) mass is 612 g/mol. The van der Waals surface area contributed by atoms with E-state index in [1.807, 2.05) is 30.6 Å². The van der Waals surface area contributed by atoms with Crippen LogP contribution in [-0.2, 0) is 19.1 Å². The van der Waals surface area contributed by atoms with Gasteiger partial charge in [-0.25, -0.2) is 14.1 Å². The van der Waals surface area contributed by atoms with Gasteiger partial charge in [0.05, 0.1) is 11.1 Å². The first-order valence-electron chi connectivity index (χ1n) is 13.1. The Bertz CT molecular complexity index is 1550. The smallest absolute Gasteiger partial charge is 0.358 e. The molecule has 13 heteroatoms. The molecule has 3 aromatic heterocycles. The molecule has 0 amide bonds. The van der Waals surface area contributed by atoms with Crippen LogP contribution in [0.3, 0.4) is 0 Å². The summed E-state index contributed by atoms with van der Waals surface area (Å²) in [5.41, 5.74) is 2.29. The van der Waals surface area contributed by atoms with Crippen molar-refractivity contribution in [3.63, 3.8) is 0 Å². The summed E-state index contributed by atoms with van der Waals surface area (Å²) in [7, 11) is 1.74. The topological polar surface area (TPSA) is 56.0 Å². The number of rotatable bonds is 7. The molecule has 6 rings (SSSR count). The third kappa shape index (κ3) is 5.16. The van der Waals surface area contributed by atoms with Crippen molar-refractivity contribution in [1.82, 2.24) is 24.8 Å². The van der Waals surface area contributed by atoms with Crippen molar-refractivity contribution in [3.8, 4) is 0 Å². The van der Waals surface area contributed by atoms with Gasteiger partial charge >= 0.3 is 11.5 Å². The van der Waals surface area contributed by atoms with E-state index in [4.69, 9.17) is 34.8 Å². The predicted molar refractivity (Wildman–Crippen MR) is 150 cm³/mol. The van der Waals surface area contributed by atoms with Crippen LogP contribution in [-0.4, -0.2) is 59.2 Å². The molecule has 0 aliphatic carbocycles. The van der Waals surface area contributed by atoms with Gasteiger partial charge in [0.15, 0.2) is 5.69 Å². The fourth-order valence-corrected chi connectivity index (χ4v) is 6.29. The maximum atomic E-state index is 13.4. The molecule has 2 N–H and O–H groups in total. The molecule has 1 aromatic carbocycles. The summed E-state index contributed by atoms with van der Waals surface area (Å²) in [6.45, 7) is 4.24. The van der Waals surface area contributed by atoms with Gasteiger partial charge in [-0.15, -0.1) is 0 Å². The Labute approximate surface area is 244 Å². The Hall–Kier alpha value is -2.50. The van der Waals surface area contributed by atoms with Crippen LogP contribution >= 0.6 is 34.8 Å². The molecule has 7 nitrogen and oxygen atoms in total. The van der Waals surface area contributed by atoms with Crippen LogP contribution < -0.4 is 14.8 Å². The summed E-state index contributed by atoms with van der Waals surface area (Å²) in [5.74, 6) is 0.217. The van der Waals surface area contributed by atoms with E-state index in [2.05, 4.69) is 29.3 Å². The fourth-order valence-electron chi connectivity index (χ4n) is 5.59. The molecule has 2 aliphatic rings. The van der Waals surface area contributed by atoms with E-state index in [1.54, 1.807) is 11.9 Å². The average molecular weight is 614 g/mol. The number of hydrogen-bond donors (Lipinski definition) is 2. The number of aromatic amines is 1. The molecule has 1 unspecified atom stereocenters. The van der Waals surface area contributed by atoms with E-state index in [1.165, 1.54) is 17.7 Å². The van der Waals surface area contributed by atoms with Crippen LogP contribution in [0.4, 0.5) is 19.0 Å². The highest BCUT2D eigenvalue weighted by Crippen LogP contribution is 2.37. The minimum absolute atomic E-state index is 0.0369. The lowest BCUT2D eigenvalue weighted by Crippen LogP contribution is -2.48. The van der Waals surface area contributed by atoms with Crippen molar-refractivity contribution >= 4 is 51.5 Å². The minimum Gasteiger partial charge on any atom is -0.358 e. The highest BCUT2D eigenvalue weighted by molar-refractivity contribution is 6.31.